The van der Waals surface area contributed by atoms with Crippen molar-refractivity contribution in [3.05, 3.63) is 40.5 Å². The van der Waals surface area contributed by atoms with Gasteiger partial charge in [-0.05, 0) is 26.0 Å². The van der Waals surface area contributed by atoms with Gasteiger partial charge in [0.25, 0.3) is 0 Å². The summed E-state index contributed by atoms with van der Waals surface area (Å²) in [4.78, 5) is 5.57. The third-order valence-corrected chi connectivity index (χ3v) is 4.15. The number of aromatic nitrogens is 3. The molecule has 0 saturated heterocycles. The van der Waals surface area contributed by atoms with Crippen molar-refractivity contribution in [2.75, 3.05) is 5.32 Å². The second kappa shape index (κ2) is 4.42. The van der Waals surface area contributed by atoms with Gasteiger partial charge in [0.05, 0.1) is 29.0 Å². The molecule has 1 atom stereocenters. The first-order valence-corrected chi connectivity index (χ1v) is 6.72. The number of nitrogens with zero attached hydrogens (tertiary/aromatic N) is 2. The SMILES string of the molecule is Cc1ncsc1C(C)Nc1cccc2[nH]ncc12. The number of aryl methyl sites for hydroxylation is 1. The van der Waals surface area contributed by atoms with Crippen LogP contribution in [0.15, 0.2) is 29.9 Å². The number of H-pyrrole nitrogens is 1. The van der Waals surface area contributed by atoms with Crippen molar-refractivity contribution in [3.63, 3.8) is 0 Å². The third kappa shape index (κ3) is 1.86. The molecule has 0 aliphatic heterocycles. The van der Waals surface area contributed by atoms with E-state index in [4.69, 9.17) is 0 Å². The fourth-order valence-electron chi connectivity index (χ4n) is 2.12. The van der Waals surface area contributed by atoms with Crippen molar-refractivity contribution in [2.45, 2.75) is 19.9 Å². The molecular weight excluding hydrogens is 244 g/mol. The number of benzene rings is 1. The van der Waals surface area contributed by atoms with Gasteiger partial charge < -0.3 is 5.32 Å². The van der Waals surface area contributed by atoms with Gasteiger partial charge in [-0.3, -0.25) is 5.10 Å². The molecule has 0 aliphatic rings. The maximum atomic E-state index is 4.29. The topological polar surface area (TPSA) is 53.6 Å². The molecule has 3 aromatic rings. The van der Waals surface area contributed by atoms with Gasteiger partial charge in [0.15, 0.2) is 0 Å². The van der Waals surface area contributed by atoms with E-state index < -0.39 is 0 Å². The Morgan fingerprint density at radius 2 is 2.28 bits per heavy atom. The normalized spacial score (nSPS) is 12.8. The predicted octanol–water partition coefficient (Wildman–Crippen LogP) is 3.50. The second-order valence-electron chi connectivity index (χ2n) is 4.30. The Kier molecular flexibility index (Phi) is 2.76. The first kappa shape index (κ1) is 11.2. The molecule has 1 unspecified atom stereocenters. The number of anilines is 1. The monoisotopic (exact) mass is 258 g/mol. The highest BCUT2D eigenvalue weighted by molar-refractivity contribution is 7.09. The van der Waals surface area contributed by atoms with Crippen LogP contribution in [0, 0.1) is 6.92 Å². The lowest BCUT2D eigenvalue weighted by molar-refractivity contribution is 0.892. The van der Waals surface area contributed by atoms with Crippen LogP contribution in [-0.2, 0) is 0 Å². The minimum Gasteiger partial charge on any atom is -0.377 e. The van der Waals surface area contributed by atoms with Crippen LogP contribution in [0.1, 0.15) is 23.5 Å². The summed E-state index contributed by atoms with van der Waals surface area (Å²) in [5.41, 5.74) is 5.13. The molecule has 0 fully saturated rings. The highest BCUT2D eigenvalue weighted by atomic mass is 32.1. The fraction of sp³-hybridized carbons (Fsp3) is 0.231. The fourth-order valence-corrected chi connectivity index (χ4v) is 2.93. The lowest BCUT2D eigenvalue weighted by Crippen LogP contribution is -2.06. The standard InChI is InChI=1S/C13H14N4S/c1-8-13(18-7-14-8)9(2)16-11-4-3-5-12-10(11)6-15-17-12/h3-7,9,16H,1-2H3,(H,15,17). The first-order chi connectivity index (χ1) is 8.75. The number of aromatic amines is 1. The van der Waals surface area contributed by atoms with E-state index in [1.165, 1.54) is 4.88 Å². The van der Waals surface area contributed by atoms with E-state index in [9.17, 15) is 0 Å². The highest BCUT2D eigenvalue weighted by Crippen LogP contribution is 2.28. The molecule has 2 N–H and O–H groups in total. The summed E-state index contributed by atoms with van der Waals surface area (Å²) in [6, 6.07) is 6.37. The van der Waals surface area contributed by atoms with E-state index in [-0.39, 0.29) is 6.04 Å². The van der Waals surface area contributed by atoms with Gasteiger partial charge in [-0.25, -0.2) is 4.98 Å². The lowest BCUT2D eigenvalue weighted by atomic mass is 10.2. The summed E-state index contributed by atoms with van der Waals surface area (Å²) in [5, 5.41) is 11.7. The zero-order valence-corrected chi connectivity index (χ0v) is 11.1. The molecule has 5 heteroatoms. The Bertz CT molecular complexity index is 670. The molecule has 1 aromatic carbocycles. The molecule has 0 aliphatic carbocycles. The molecule has 2 aromatic heterocycles. The van der Waals surface area contributed by atoms with Gasteiger partial charge in [0.2, 0.25) is 0 Å². The zero-order valence-electron chi connectivity index (χ0n) is 10.3. The van der Waals surface area contributed by atoms with Crippen LogP contribution in [0.25, 0.3) is 10.9 Å². The first-order valence-electron chi connectivity index (χ1n) is 5.84. The molecule has 0 amide bonds. The molecule has 3 rings (SSSR count). The van der Waals surface area contributed by atoms with Crippen molar-refractivity contribution >= 4 is 27.9 Å². The number of rotatable bonds is 3. The van der Waals surface area contributed by atoms with Crippen LogP contribution < -0.4 is 5.32 Å². The summed E-state index contributed by atoms with van der Waals surface area (Å²) < 4.78 is 0. The van der Waals surface area contributed by atoms with Crippen molar-refractivity contribution in [1.82, 2.24) is 15.2 Å². The minimum absolute atomic E-state index is 0.248. The Hall–Kier alpha value is -1.88. The van der Waals surface area contributed by atoms with E-state index >= 15 is 0 Å². The molecule has 92 valence electrons. The van der Waals surface area contributed by atoms with Gasteiger partial charge in [-0.1, -0.05) is 6.07 Å². The van der Waals surface area contributed by atoms with Crippen molar-refractivity contribution in [1.29, 1.82) is 0 Å². The quantitative estimate of drug-likeness (QED) is 0.756. The number of fused-ring (bicyclic) bond motifs is 1. The Morgan fingerprint density at radius 1 is 1.39 bits per heavy atom. The van der Waals surface area contributed by atoms with Gasteiger partial charge in [-0.15, -0.1) is 11.3 Å². The molecule has 0 bridgehead atoms. The van der Waals surface area contributed by atoms with Gasteiger partial charge >= 0.3 is 0 Å². The maximum absolute atomic E-state index is 4.29. The third-order valence-electron chi connectivity index (χ3n) is 3.03. The van der Waals surface area contributed by atoms with Gasteiger partial charge in [-0.2, -0.15) is 5.10 Å². The van der Waals surface area contributed by atoms with Crippen LogP contribution in [-0.4, -0.2) is 15.2 Å². The molecule has 4 nitrogen and oxygen atoms in total. The lowest BCUT2D eigenvalue weighted by Gasteiger charge is -2.15. The molecule has 0 spiro atoms. The average molecular weight is 258 g/mol. The number of nitrogens with one attached hydrogen (secondary N) is 2. The predicted molar refractivity (Wildman–Crippen MR) is 75.0 cm³/mol. The maximum Gasteiger partial charge on any atom is 0.0798 e. The van der Waals surface area contributed by atoms with Gasteiger partial charge in [0, 0.05) is 16.0 Å². The largest absolute Gasteiger partial charge is 0.377 e. The van der Waals surface area contributed by atoms with E-state index in [0.717, 1.165) is 22.3 Å². The minimum atomic E-state index is 0.248. The highest BCUT2D eigenvalue weighted by Gasteiger charge is 2.12. The summed E-state index contributed by atoms with van der Waals surface area (Å²) in [5.74, 6) is 0. The Balaban J connectivity index is 1.93. The van der Waals surface area contributed by atoms with Crippen molar-refractivity contribution < 1.29 is 0 Å². The van der Waals surface area contributed by atoms with Crippen LogP contribution in [0.2, 0.25) is 0 Å². The molecule has 0 saturated carbocycles. The van der Waals surface area contributed by atoms with E-state index in [0.29, 0.717) is 0 Å². The smallest absolute Gasteiger partial charge is 0.0798 e. The summed E-state index contributed by atoms with van der Waals surface area (Å²) in [7, 11) is 0. The van der Waals surface area contributed by atoms with E-state index in [1.807, 2.05) is 30.8 Å². The second-order valence-corrected chi connectivity index (χ2v) is 5.19. The zero-order chi connectivity index (χ0) is 12.5. The Labute approximate surface area is 109 Å². The summed E-state index contributed by atoms with van der Waals surface area (Å²) in [6.07, 6.45) is 1.85. The summed E-state index contributed by atoms with van der Waals surface area (Å²) in [6.45, 7) is 4.20. The number of hydrogen-bond acceptors (Lipinski definition) is 4. The van der Waals surface area contributed by atoms with Crippen molar-refractivity contribution in [3.8, 4) is 0 Å². The molecule has 18 heavy (non-hydrogen) atoms. The molecular formula is C13H14N4S. The van der Waals surface area contributed by atoms with Crippen LogP contribution >= 0.6 is 11.3 Å². The number of thiazole rings is 1. The van der Waals surface area contributed by atoms with Crippen LogP contribution in [0.5, 0.6) is 0 Å². The average Bonchev–Trinajstić information content (AvgIpc) is 2.97. The molecule has 2 heterocycles. The number of hydrogen-bond donors (Lipinski definition) is 2. The van der Waals surface area contributed by atoms with E-state index in [2.05, 4.69) is 33.5 Å². The van der Waals surface area contributed by atoms with Crippen molar-refractivity contribution in [2.24, 2.45) is 0 Å². The Morgan fingerprint density at radius 3 is 3.06 bits per heavy atom. The van der Waals surface area contributed by atoms with Crippen LogP contribution in [0.3, 0.4) is 0 Å². The van der Waals surface area contributed by atoms with E-state index in [1.54, 1.807) is 11.3 Å². The molecule has 0 radical (unpaired) electrons. The van der Waals surface area contributed by atoms with Gasteiger partial charge in [0.1, 0.15) is 0 Å². The summed E-state index contributed by atoms with van der Waals surface area (Å²) >= 11 is 1.69. The van der Waals surface area contributed by atoms with Crippen LogP contribution in [0.4, 0.5) is 5.69 Å².